The van der Waals surface area contributed by atoms with Crippen molar-refractivity contribution in [2.75, 3.05) is 27.9 Å². The van der Waals surface area contributed by atoms with E-state index in [1.807, 2.05) is 12.1 Å². The number of piperidine rings is 1. The van der Waals surface area contributed by atoms with Gasteiger partial charge in [0.15, 0.2) is 17.6 Å². The number of rotatable bonds is 5. The minimum Gasteiger partial charge on any atom is -0.493 e. The van der Waals surface area contributed by atoms with Crippen molar-refractivity contribution < 1.29 is 24.1 Å². The van der Waals surface area contributed by atoms with Crippen molar-refractivity contribution in [2.24, 2.45) is 0 Å². The quantitative estimate of drug-likeness (QED) is 0.576. The number of nitrogens with zero attached hydrogens (tertiary/aromatic N) is 1. The van der Waals surface area contributed by atoms with Crippen LogP contribution in [0.5, 0.6) is 11.5 Å². The van der Waals surface area contributed by atoms with E-state index in [1.165, 1.54) is 22.3 Å². The zero-order chi connectivity index (χ0) is 22.1. The van der Waals surface area contributed by atoms with Gasteiger partial charge in [0.1, 0.15) is 6.10 Å². The molecular weight excluding hydrogens is 406 g/mol. The van der Waals surface area contributed by atoms with Crippen molar-refractivity contribution in [1.82, 2.24) is 4.90 Å². The van der Waals surface area contributed by atoms with Gasteiger partial charge in [0, 0.05) is 38.9 Å². The summed E-state index contributed by atoms with van der Waals surface area (Å²) in [6.45, 7) is 1.80. The van der Waals surface area contributed by atoms with Crippen LogP contribution in [0.4, 0.5) is 0 Å². The Morgan fingerprint density at radius 3 is 2.59 bits per heavy atom. The predicted molar refractivity (Wildman–Crippen MR) is 119 cm³/mol. The van der Waals surface area contributed by atoms with Gasteiger partial charge in [-0.3, -0.25) is 4.90 Å². The van der Waals surface area contributed by atoms with E-state index in [0.717, 1.165) is 31.7 Å². The Morgan fingerprint density at radius 2 is 1.88 bits per heavy atom. The third kappa shape index (κ3) is 2.38. The fourth-order valence-electron chi connectivity index (χ4n) is 6.68. The molecule has 1 saturated heterocycles. The van der Waals surface area contributed by atoms with Crippen molar-refractivity contribution in [2.45, 2.75) is 48.8 Å². The summed E-state index contributed by atoms with van der Waals surface area (Å²) in [6, 6.07) is 14.9. The molecule has 6 heteroatoms. The molecule has 2 bridgehead atoms. The standard InChI is InChI=1S/C26H29NO5/c1-29-20-10-9-17-13-19-18-14-21(28)26(30-2,31-3)24-25(18,22(17)23(20)32-24)11-12-27(19)15-16-7-5-4-6-8-16/h4-10,14,19,21,24,28H,11-13,15H2,1-3H3/t19-,21-,24-,25+/m1/s1. The molecule has 1 N–H and O–H groups in total. The second-order valence-corrected chi connectivity index (χ2v) is 9.22. The van der Waals surface area contributed by atoms with Crippen LogP contribution < -0.4 is 9.47 Å². The summed E-state index contributed by atoms with van der Waals surface area (Å²) in [5.74, 6) is 0.199. The highest BCUT2D eigenvalue weighted by Crippen LogP contribution is 2.64. The average Bonchev–Trinajstić information content (AvgIpc) is 3.17. The van der Waals surface area contributed by atoms with E-state index in [-0.39, 0.29) is 6.04 Å². The lowest BCUT2D eigenvalue weighted by Crippen LogP contribution is -2.70. The molecule has 6 rings (SSSR count). The molecule has 32 heavy (non-hydrogen) atoms. The fourth-order valence-corrected chi connectivity index (χ4v) is 6.68. The molecule has 0 amide bonds. The topological polar surface area (TPSA) is 60.4 Å². The summed E-state index contributed by atoms with van der Waals surface area (Å²) in [4.78, 5) is 2.54. The predicted octanol–water partition coefficient (Wildman–Crippen LogP) is 2.81. The van der Waals surface area contributed by atoms with Crippen molar-refractivity contribution >= 4 is 0 Å². The van der Waals surface area contributed by atoms with Crippen molar-refractivity contribution in [3.8, 4) is 11.5 Å². The van der Waals surface area contributed by atoms with Crippen LogP contribution in [-0.4, -0.2) is 61.9 Å². The highest BCUT2D eigenvalue weighted by atomic mass is 16.7. The number of methoxy groups -OCH3 is 3. The number of benzene rings is 2. The van der Waals surface area contributed by atoms with Crippen LogP contribution in [0.1, 0.15) is 23.1 Å². The van der Waals surface area contributed by atoms with Crippen LogP contribution in [0.25, 0.3) is 0 Å². The molecule has 1 spiro atoms. The van der Waals surface area contributed by atoms with Crippen LogP contribution in [0.3, 0.4) is 0 Å². The van der Waals surface area contributed by atoms with E-state index < -0.39 is 23.4 Å². The van der Waals surface area contributed by atoms with Gasteiger partial charge in [-0.15, -0.1) is 0 Å². The first kappa shape index (κ1) is 20.2. The molecule has 4 aliphatic rings. The Hall–Kier alpha value is -2.38. The van der Waals surface area contributed by atoms with E-state index in [2.05, 4.69) is 41.3 Å². The zero-order valence-corrected chi connectivity index (χ0v) is 18.7. The van der Waals surface area contributed by atoms with E-state index in [4.69, 9.17) is 18.9 Å². The Labute approximate surface area is 188 Å². The molecule has 0 radical (unpaired) electrons. The van der Waals surface area contributed by atoms with E-state index in [9.17, 15) is 5.11 Å². The first-order valence-electron chi connectivity index (χ1n) is 11.2. The van der Waals surface area contributed by atoms with Gasteiger partial charge in [-0.25, -0.2) is 0 Å². The molecule has 2 aromatic rings. The molecule has 6 nitrogen and oxygen atoms in total. The number of aliphatic hydroxyl groups excluding tert-OH is 1. The summed E-state index contributed by atoms with van der Waals surface area (Å²) in [5.41, 5.74) is 4.58. The first-order valence-corrected chi connectivity index (χ1v) is 11.2. The molecule has 2 aliphatic heterocycles. The Balaban J connectivity index is 1.54. The monoisotopic (exact) mass is 435 g/mol. The summed E-state index contributed by atoms with van der Waals surface area (Å²) in [7, 11) is 4.83. The summed E-state index contributed by atoms with van der Waals surface area (Å²) in [6.07, 6.45) is 2.29. The van der Waals surface area contributed by atoms with Gasteiger partial charge < -0.3 is 24.1 Å². The fraction of sp³-hybridized carbons (Fsp3) is 0.462. The zero-order valence-electron chi connectivity index (χ0n) is 18.7. The summed E-state index contributed by atoms with van der Waals surface area (Å²) >= 11 is 0. The molecule has 168 valence electrons. The normalized spacial score (nSPS) is 31.5. The molecule has 0 unspecified atom stereocenters. The van der Waals surface area contributed by atoms with Crippen LogP contribution >= 0.6 is 0 Å². The number of hydrogen-bond donors (Lipinski definition) is 1. The van der Waals surface area contributed by atoms with Crippen molar-refractivity contribution in [1.29, 1.82) is 0 Å². The minimum absolute atomic E-state index is 0.184. The second kappa shape index (κ2) is 7.06. The van der Waals surface area contributed by atoms with Gasteiger partial charge in [0.25, 0.3) is 0 Å². The summed E-state index contributed by atoms with van der Waals surface area (Å²) in [5, 5.41) is 11.3. The molecule has 2 heterocycles. The molecule has 1 fully saturated rings. The van der Waals surface area contributed by atoms with Crippen LogP contribution in [0.2, 0.25) is 0 Å². The lowest BCUT2D eigenvalue weighted by Gasteiger charge is -2.58. The smallest absolute Gasteiger partial charge is 0.237 e. The Bertz CT molecular complexity index is 1080. The van der Waals surface area contributed by atoms with Gasteiger partial charge in [-0.05, 0) is 41.7 Å². The summed E-state index contributed by atoms with van der Waals surface area (Å²) < 4.78 is 24.1. The van der Waals surface area contributed by atoms with Crippen molar-refractivity contribution in [3.05, 3.63) is 70.8 Å². The van der Waals surface area contributed by atoms with Gasteiger partial charge in [0.2, 0.25) is 5.79 Å². The maximum atomic E-state index is 11.3. The highest BCUT2D eigenvalue weighted by molar-refractivity contribution is 5.66. The number of hydrogen-bond acceptors (Lipinski definition) is 6. The maximum absolute atomic E-state index is 11.3. The van der Waals surface area contributed by atoms with Gasteiger partial charge in [-0.2, -0.15) is 0 Å². The van der Waals surface area contributed by atoms with Gasteiger partial charge in [0.05, 0.1) is 12.5 Å². The lowest BCUT2D eigenvalue weighted by atomic mass is 9.54. The molecule has 4 atom stereocenters. The van der Waals surface area contributed by atoms with E-state index >= 15 is 0 Å². The van der Waals surface area contributed by atoms with Crippen LogP contribution in [-0.2, 0) is 27.9 Å². The van der Waals surface area contributed by atoms with E-state index in [0.29, 0.717) is 5.75 Å². The first-order chi connectivity index (χ1) is 15.6. The minimum atomic E-state index is -1.28. The third-order valence-corrected chi connectivity index (χ3v) is 8.06. The molecule has 0 saturated carbocycles. The van der Waals surface area contributed by atoms with Crippen LogP contribution in [0, 0.1) is 0 Å². The van der Waals surface area contributed by atoms with Crippen LogP contribution in [0.15, 0.2) is 54.1 Å². The number of aliphatic hydroxyl groups is 1. The largest absolute Gasteiger partial charge is 0.493 e. The maximum Gasteiger partial charge on any atom is 0.237 e. The Morgan fingerprint density at radius 1 is 1.09 bits per heavy atom. The molecule has 0 aromatic heterocycles. The second-order valence-electron chi connectivity index (χ2n) is 9.22. The Kier molecular flexibility index (Phi) is 4.46. The van der Waals surface area contributed by atoms with Gasteiger partial charge >= 0.3 is 0 Å². The third-order valence-electron chi connectivity index (χ3n) is 8.06. The van der Waals surface area contributed by atoms with Crippen molar-refractivity contribution in [3.63, 3.8) is 0 Å². The number of likely N-dealkylation sites (tertiary alicyclic amines) is 1. The SMILES string of the molecule is COc1ccc2c3c1O[C@H]1C(OC)(OC)[C@H](O)C=C4[C@@H](C2)N(Cc2ccccc2)CC[C@]431. The molecular formula is C26H29NO5. The lowest BCUT2D eigenvalue weighted by molar-refractivity contribution is -0.300. The van der Waals surface area contributed by atoms with E-state index in [1.54, 1.807) is 21.3 Å². The highest BCUT2D eigenvalue weighted by Gasteiger charge is 2.70. The molecule has 2 aliphatic carbocycles. The average molecular weight is 436 g/mol. The number of ether oxygens (including phenoxy) is 4. The molecule has 2 aromatic carbocycles. The van der Waals surface area contributed by atoms with Gasteiger partial charge in [-0.1, -0.05) is 36.4 Å².